The Bertz CT molecular complexity index is 377. The van der Waals surface area contributed by atoms with Crippen molar-refractivity contribution in [2.75, 3.05) is 13.1 Å². The van der Waals surface area contributed by atoms with Gasteiger partial charge in [-0.15, -0.1) is 0 Å². The van der Waals surface area contributed by atoms with Gasteiger partial charge < -0.3 is 5.73 Å². The number of carbonyl (C=O) groups excluding carboxylic acids is 1. The molecule has 1 amide bonds. The van der Waals surface area contributed by atoms with Crippen molar-refractivity contribution in [1.29, 1.82) is 0 Å². The zero-order valence-corrected chi connectivity index (χ0v) is 11.2. The monoisotopic (exact) mass is 330 g/mol. The quantitative estimate of drug-likeness (QED) is 0.861. The molecule has 0 spiro atoms. The molecule has 1 aliphatic heterocycles. The molecule has 1 saturated heterocycles. The number of hydrogen-bond acceptors (Lipinski definition) is 2. The van der Waals surface area contributed by atoms with Gasteiger partial charge in [0.2, 0.25) is 5.91 Å². The van der Waals surface area contributed by atoms with Crippen LogP contribution < -0.4 is 5.73 Å². The van der Waals surface area contributed by atoms with Crippen LogP contribution in [0.1, 0.15) is 24.4 Å². The Kier molecular flexibility index (Phi) is 3.81. The molecule has 16 heavy (non-hydrogen) atoms. The fourth-order valence-corrected chi connectivity index (χ4v) is 2.64. The molecular formula is C12H15IN2O. The van der Waals surface area contributed by atoms with Gasteiger partial charge in [-0.1, -0.05) is 12.1 Å². The zero-order chi connectivity index (χ0) is 11.5. The van der Waals surface area contributed by atoms with E-state index in [0.717, 1.165) is 19.4 Å². The molecule has 1 aromatic rings. The number of benzene rings is 1. The smallest absolute Gasteiger partial charge is 0.231 e. The molecule has 86 valence electrons. The van der Waals surface area contributed by atoms with Gasteiger partial charge in [0.1, 0.15) is 0 Å². The van der Waals surface area contributed by atoms with E-state index in [2.05, 4.69) is 51.8 Å². The van der Waals surface area contributed by atoms with Gasteiger partial charge in [0.05, 0.1) is 6.54 Å². The molecule has 2 N–H and O–H groups in total. The number of amides is 1. The lowest BCUT2D eigenvalue weighted by Crippen LogP contribution is -2.33. The van der Waals surface area contributed by atoms with Crippen LogP contribution in [0.3, 0.4) is 0 Å². The second-order valence-corrected chi connectivity index (χ2v) is 5.39. The Morgan fingerprint density at radius 2 is 2.12 bits per heavy atom. The molecule has 3 nitrogen and oxygen atoms in total. The second kappa shape index (κ2) is 5.14. The van der Waals surface area contributed by atoms with E-state index in [1.165, 1.54) is 9.13 Å². The van der Waals surface area contributed by atoms with Gasteiger partial charge in [-0.3, -0.25) is 9.69 Å². The van der Waals surface area contributed by atoms with Gasteiger partial charge >= 0.3 is 0 Å². The number of nitrogens with zero attached hydrogens (tertiary/aromatic N) is 1. The molecule has 4 heteroatoms. The first kappa shape index (κ1) is 11.9. The number of primary amides is 1. The highest BCUT2D eigenvalue weighted by Crippen LogP contribution is 2.31. The predicted octanol–water partition coefficient (Wildman–Crippen LogP) is 1.91. The van der Waals surface area contributed by atoms with Crippen LogP contribution in [-0.2, 0) is 4.79 Å². The molecule has 0 aliphatic carbocycles. The Morgan fingerprint density at radius 3 is 2.75 bits per heavy atom. The lowest BCUT2D eigenvalue weighted by atomic mass is 10.0. The molecule has 0 aromatic heterocycles. The van der Waals surface area contributed by atoms with E-state index >= 15 is 0 Å². The van der Waals surface area contributed by atoms with Crippen LogP contribution >= 0.6 is 22.6 Å². The Labute approximate surface area is 109 Å². The highest BCUT2D eigenvalue weighted by molar-refractivity contribution is 14.1. The zero-order valence-electron chi connectivity index (χ0n) is 9.03. The maximum Gasteiger partial charge on any atom is 0.231 e. The van der Waals surface area contributed by atoms with Gasteiger partial charge in [-0.05, 0) is 59.7 Å². The summed E-state index contributed by atoms with van der Waals surface area (Å²) in [6.45, 7) is 1.34. The van der Waals surface area contributed by atoms with Crippen molar-refractivity contribution in [2.24, 2.45) is 5.73 Å². The third-order valence-corrected chi connectivity index (χ3v) is 3.70. The van der Waals surface area contributed by atoms with Crippen LogP contribution in [0.15, 0.2) is 24.3 Å². The molecule has 1 aromatic carbocycles. The van der Waals surface area contributed by atoms with Gasteiger partial charge in [-0.25, -0.2) is 0 Å². The minimum Gasteiger partial charge on any atom is -0.369 e. The van der Waals surface area contributed by atoms with Gasteiger partial charge in [-0.2, -0.15) is 0 Å². The molecule has 1 atom stereocenters. The lowest BCUT2D eigenvalue weighted by molar-refractivity contribution is -0.119. The fraction of sp³-hybridized carbons (Fsp3) is 0.417. The highest BCUT2D eigenvalue weighted by Gasteiger charge is 2.26. The van der Waals surface area contributed by atoms with Crippen molar-refractivity contribution in [3.8, 4) is 0 Å². The summed E-state index contributed by atoms with van der Waals surface area (Å²) in [5, 5.41) is 0. The van der Waals surface area contributed by atoms with Crippen LogP contribution in [0.25, 0.3) is 0 Å². The second-order valence-electron chi connectivity index (χ2n) is 4.15. The summed E-state index contributed by atoms with van der Waals surface area (Å²) in [4.78, 5) is 13.1. The number of rotatable bonds is 3. The van der Waals surface area contributed by atoms with E-state index in [1.807, 2.05) is 0 Å². The average Bonchev–Trinajstić information content (AvgIpc) is 2.66. The molecule has 1 aliphatic rings. The van der Waals surface area contributed by atoms with Gasteiger partial charge in [0, 0.05) is 9.61 Å². The van der Waals surface area contributed by atoms with E-state index < -0.39 is 0 Å². The van der Waals surface area contributed by atoms with Crippen molar-refractivity contribution in [2.45, 2.75) is 18.9 Å². The molecular weight excluding hydrogens is 315 g/mol. The number of likely N-dealkylation sites (tertiary alicyclic amines) is 1. The topological polar surface area (TPSA) is 46.3 Å². The molecule has 0 radical (unpaired) electrons. The van der Waals surface area contributed by atoms with Crippen molar-refractivity contribution in [1.82, 2.24) is 4.90 Å². The van der Waals surface area contributed by atoms with Crippen LogP contribution in [-0.4, -0.2) is 23.9 Å². The van der Waals surface area contributed by atoms with Crippen molar-refractivity contribution < 1.29 is 4.79 Å². The van der Waals surface area contributed by atoms with Crippen molar-refractivity contribution >= 4 is 28.5 Å². The third-order valence-electron chi connectivity index (χ3n) is 2.98. The SMILES string of the molecule is NC(=O)CN1CCC[C@H]1c1ccc(I)cc1. The van der Waals surface area contributed by atoms with E-state index in [4.69, 9.17) is 5.73 Å². The average molecular weight is 330 g/mol. The largest absolute Gasteiger partial charge is 0.369 e. The van der Waals surface area contributed by atoms with Gasteiger partial charge in [0.25, 0.3) is 0 Å². The summed E-state index contributed by atoms with van der Waals surface area (Å²) in [6, 6.07) is 8.87. The van der Waals surface area contributed by atoms with Gasteiger partial charge in [0.15, 0.2) is 0 Å². The normalized spacial score (nSPS) is 21.2. The van der Waals surface area contributed by atoms with E-state index in [-0.39, 0.29) is 5.91 Å². The first-order valence-corrected chi connectivity index (χ1v) is 6.52. The number of halogens is 1. The van der Waals surface area contributed by atoms with Crippen LogP contribution in [0, 0.1) is 3.57 Å². The molecule has 0 unspecified atom stereocenters. The molecule has 0 saturated carbocycles. The number of nitrogens with two attached hydrogens (primary N) is 1. The molecule has 0 bridgehead atoms. The first-order chi connectivity index (χ1) is 7.66. The standard InChI is InChI=1S/C12H15IN2O/c13-10-5-3-9(4-6-10)11-2-1-7-15(11)8-12(14)16/h3-6,11H,1-2,7-8H2,(H2,14,16)/t11-/m0/s1. The summed E-state index contributed by atoms with van der Waals surface area (Å²) < 4.78 is 1.24. The summed E-state index contributed by atoms with van der Waals surface area (Å²) >= 11 is 2.30. The Balaban J connectivity index is 2.13. The van der Waals surface area contributed by atoms with E-state index in [0.29, 0.717) is 12.6 Å². The van der Waals surface area contributed by atoms with Crippen molar-refractivity contribution in [3.63, 3.8) is 0 Å². The molecule has 1 fully saturated rings. The molecule has 2 rings (SSSR count). The maximum absolute atomic E-state index is 11.0. The van der Waals surface area contributed by atoms with E-state index in [9.17, 15) is 4.79 Å². The third kappa shape index (κ3) is 2.74. The summed E-state index contributed by atoms with van der Waals surface area (Å²) in [5.74, 6) is -0.239. The summed E-state index contributed by atoms with van der Waals surface area (Å²) in [6.07, 6.45) is 2.26. The first-order valence-electron chi connectivity index (χ1n) is 5.44. The van der Waals surface area contributed by atoms with Crippen molar-refractivity contribution in [3.05, 3.63) is 33.4 Å². The lowest BCUT2D eigenvalue weighted by Gasteiger charge is -2.23. The fourth-order valence-electron chi connectivity index (χ4n) is 2.28. The van der Waals surface area contributed by atoms with Crippen LogP contribution in [0.4, 0.5) is 0 Å². The molecule has 1 heterocycles. The highest BCUT2D eigenvalue weighted by atomic mass is 127. The van der Waals surface area contributed by atoms with Crippen LogP contribution in [0.2, 0.25) is 0 Å². The number of carbonyl (C=O) groups is 1. The van der Waals surface area contributed by atoms with E-state index in [1.54, 1.807) is 0 Å². The minimum absolute atomic E-state index is 0.239. The summed E-state index contributed by atoms with van der Waals surface area (Å²) in [7, 11) is 0. The number of hydrogen-bond donors (Lipinski definition) is 1. The van der Waals surface area contributed by atoms with Crippen LogP contribution in [0.5, 0.6) is 0 Å². The predicted molar refractivity (Wildman–Crippen MR) is 71.9 cm³/mol. The Morgan fingerprint density at radius 1 is 1.44 bits per heavy atom. The minimum atomic E-state index is -0.239. The summed E-state index contributed by atoms with van der Waals surface area (Å²) in [5.41, 5.74) is 6.55. The Hall–Kier alpha value is -0.620. The maximum atomic E-state index is 11.0.